The van der Waals surface area contributed by atoms with E-state index < -0.39 is 0 Å². The first-order chi connectivity index (χ1) is 9.99. The van der Waals surface area contributed by atoms with Crippen LogP contribution in [0.4, 0.5) is 0 Å². The highest BCUT2D eigenvalue weighted by Crippen LogP contribution is 2.21. The summed E-state index contributed by atoms with van der Waals surface area (Å²) in [6.07, 6.45) is 3.68. The highest BCUT2D eigenvalue weighted by Gasteiger charge is 2.25. The molecule has 0 saturated heterocycles. The van der Waals surface area contributed by atoms with Gasteiger partial charge in [0.05, 0.1) is 12.1 Å². The lowest BCUT2D eigenvalue weighted by Gasteiger charge is -2.25. The molecule has 1 aromatic heterocycles. The number of hydrogen-bond donors (Lipinski definition) is 1. The number of nitrogens with zero attached hydrogens (tertiary/aromatic N) is 3. The predicted octanol–water partition coefficient (Wildman–Crippen LogP) is 2.56. The highest BCUT2D eigenvalue weighted by molar-refractivity contribution is 5.85. The number of carbonyl (C=O) groups is 1. The van der Waals surface area contributed by atoms with E-state index >= 15 is 0 Å². The van der Waals surface area contributed by atoms with Gasteiger partial charge in [-0.3, -0.25) is 9.48 Å². The van der Waals surface area contributed by atoms with Gasteiger partial charge in [-0.05, 0) is 5.56 Å². The van der Waals surface area contributed by atoms with Crippen LogP contribution in [0.25, 0.3) is 0 Å². The lowest BCUT2D eigenvalue weighted by atomic mass is 9.94. The zero-order valence-corrected chi connectivity index (χ0v) is 15.2. The van der Waals surface area contributed by atoms with Gasteiger partial charge in [-0.1, -0.05) is 37.3 Å². The third kappa shape index (κ3) is 5.53. The van der Waals surface area contributed by atoms with Gasteiger partial charge in [-0.25, -0.2) is 0 Å². The average molecular weight is 359 g/mol. The van der Waals surface area contributed by atoms with Crippen LogP contribution in [0, 0.1) is 5.92 Å². The Morgan fingerprint density at radius 2 is 1.91 bits per heavy atom. The van der Waals surface area contributed by atoms with Crippen LogP contribution in [-0.2, 0) is 18.4 Å². The summed E-state index contributed by atoms with van der Waals surface area (Å²) in [6, 6.07) is 9.43. The molecular formula is C16H24Cl2N4O. The molecule has 128 valence electrons. The number of carbonyl (C=O) groups excluding carboxylic acids is 1. The average Bonchev–Trinajstić information content (AvgIpc) is 2.90. The second kappa shape index (κ2) is 9.55. The third-order valence-corrected chi connectivity index (χ3v) is 3.67. The molecule has 0 aliphatic rings. The molecule has 0 aliphatic carbocycles. The van der Waals surface area contributed by atoms with Crippen LogP contribution in [0.3, 0.4) is 0 Å². The summed E-state index contributed by atoms with van der Waals surface area (Å²) in [5, 5.41) is 4.11. The topological polar surface area (TPSA) is 64.2 Å². The van der Waals surface area contributed by atoms with E-state index in [2.05, 4.69) is 5.10 Å². The number of halogens is 2. The zero-order valence-electron chi connectivity index (χ0n) is 13.5. The Hall–Kier alpha value is -1.56. The minimum absolute atomic E-state index is 0. The molecule has 0 aliphatic heterocycles. The van der Waals surface area contributed by atoms with Gasteiger partial charge in [0.25, 0.3) is 0 Å². The van der Waals surface area contributed by atoms with Crippen LogP contribution in [0.15, 0.2) is 42.7 Å². The zero-order chi connectivity index (χ0) is 15.4. The molecule has 2 aromatic rings. The van der Waals surface area contributed by atoms with Crippen molar-refractivity contribution in [1.29, 1.82) is 0 Å². The first-order valence-electron chi connectivity index (χ1n) is 7.02. The van der Waals surface area contributed by atoms with Crippen LogP contribution in [0.1, 0.15) is 24.1 Å². The van der Waals surface area contributed by atoms with Crippen molar-refractivity contribution < 1.29 is 4.79 Å². The van der Waals surface area contributed by atoms with Crippen molar-refractivity contribution in [2.75, 3.05) is 7.05 Å². The number of aryl methyl sites for hydroxylation is 1. The van der Waals surface area contributed by atoms with Crippen molar-refractivity contribution >= 4 is 30.7 Å². The van der Waals surface area contributed by atoms with E-state index in [0.717, 1.165) is 11.1 Å². The van der Waals surface area contributed by atoms with E-state index in [9.17, 15) is 4.79 Å². The van der Waals surface area contributed by atoms with Crippen LogP contribution in [0.5, 0.6) is 0 Å². The summed E-state index contributed by atoms with van der Waals surface area (Å²) in [4.78, 5) is 14.2. The maximum atomic E-state index is 12.5. The standard InChI is InChI=1S/C16H22N4O.2ClH/c1-12(15(17)14-7-5-4-6-8-14)16(21)19(2)10-13-9-18-20(3)11-13;;/h4-9,11-12,15H,10,17H2,1-3H3;2*1H. The van der Waals surface area contributed by atoms with E-state index in [0.29, 0.717) is 6.54 Å². The molecule has 5 nitrogen and oxygen atoms in total. The smallest absolute Gasteiger partial charge is 0.227 e. The number of rotatable bonds is 5. The summed E-state index contributed by atoms with van der Waals surface area (Å²) in [5.74, 6) is -0.232. The normalized spacial score (nSPS) is 12.5. The van der Waals surface area contributed by atoms with Crippen molar-refractivity contribution in [2.24, 2.45) is 18.7 Å². The van der Waals surface area contributed by atoms with Gasteiger partial charge >= 0.3 is 0 Å². The molecule has 7 heteroatoms. The van der Waals surface area contributed by atoms with E-state index in [4.69, 9.17) is 5.73 Å². The number of nitrogens with two attached hydrogens (primary N) is 1. The van der Waals surface area contributed by atoms with Gasteiger partial charge in [-0.15, -0.1) is 24.8 Å². The molecule has 0 saturated carbocycles. The van der Waals surface area contributed by atoms with Gasteiger partial charge < -0.3 is 10.6 Å². The Balaban J connectivity index is 0.00000242. The van der Waals surface area contributed by atoms with E-state index in [1.807, 2.05) is 50.5 Å². The van der Waals surface area contributed by atoms with E-state index in [1.165, 1.54) is 0 Å². The van der Waals surface area contributed by atoms with Gasteiger partial charge in [0.15, 0.2) is 0 Å². The van der Waals surface area contributed by atoms with Crippen molar-refractivity contribution in [3.05, 3.63) is 53.9 Å². The van der Waals surface area contributed by atoms with Gasteiger partial charge in [0.2, 0.25) is 5.91 Å². The summed E-state index contributed by atoms with van der Waals surface area (Å²) < 4.78 is 1.73. The summed E-state index contributed by atoms with van der Waals surface area (Å²) in [5.41, 5.74) is 8.20. The fraction of sp³-hybridized carbons (Fsp3) is 0.375. The van der Waals surface area contributed by atoms with Gasteiger partial charge in [0.1, 0.15) is 0 Å². The fourth-order valence-electron chi connectivity index (χ4n) is 2.37. The molecular weight excluding hydrogens is 335 g/mol. The molecule has 2 atom stereocenters. The molecule has 2 unspecified atom stereocenters. The third-order valence-electron chi connectivity index (χ3n) is 3.67. The number of amides is 1. The Labute approximate surface area is 149 Å². The SMILES string of the molecule is CC(C(=O)N(C)Cc1cnn(C)c1)C(N)c1ccccc1.Cl.Cl. The van der Waals surface area contributed by atoms with E-state index in [1.54, 1.807) is 22.8 Å². The second-order valence-electron chi connectivity index (χ2n) is 5.44. The monoisotopic (exact) mass is 358 g/mol. The minimum atomic E-state index is -0.296. The Morgan fingerprint density at radius 1 is 1.30 bits per heavy atom. The Morgan fingerprint density at radius 3 is 2.43 bits per heavy atom. The fourth-order valence-corrected chi connectivity index (χ4v) is 2.37. The maximum absolute atomic E-state index is 12.5. The molecule has 0 fully saturated rings. The Kier molecular flexibility index (Phi) is 8.90. The predicted molar refractivity (Wildman–Crippen MR) is 96.7 cm³/mol. The first kappa shape index (κ1) is 21.4. The molecule has 1 amide bonds. The maximum Gasteiger partial charge on any atom is 0.227 e. The molecule has 2 N–H and O–H groups in total. The largest absolute Gasteiger partial charge is 0.341 e. The molecule has 1 heterocycles. The quantitative estimate of drug-likeness (QED) is 0.892. The van der Waals surface area contributed by atoms with Crippen molar-refractivity contribution in [2.45, 2.75) is 19.5 Å². The number of benzene rings is 1. The minimum Gasteiger partial charge on any atom is -0.341 e. The summed E-state index contributed by atoms with van der Waals surface area (Å²) >= 11 is 0. The molecule has 0 bridgehead atoms. The van der Waals surface area contributed by atoms with Gasteiger partial charge in [0, 0.05) is 38.4 Å². The molecule has 0 radical (unpaired) electrons. The van der Waals surface area contributed by atoms with Crippen LogP contribution in [-0.4, -0.2) is 27.6 Å². The number of aromatic nitrogens is 2. The molecule has 1 aromatic carbocycles. The Bertz CT molecular complexity index is 603. The van der Waals surface area contributed by atoms with Crippen molar-refractivity contribution in [3.63, 3.8) is 0 Å². The number of hydrogen-bond acceptors (Lipinski definition) is 3. The van der Waals surface area contributed by atoms with E-state index in [-0.39, 0.29) is 42.7 Å². The first-order valence-corrected chi connectivity index (χ1v) is 7.02. The lowest BCUT2D eigenvalue weighted by molar-refractivity contribution is -0.134. The van der Waals surface area contributed by atoms with Crippen LogP contribution in [0.2, 0.25) is 0 Å². The summed E-state index contributed by atoms with van der Waals surface area (Å²) in [6.45, 7) is 2.41. The molecule has 0 spiro atoms. The van der Waals surface area contributed by atoms with Gasteiger partial charge in [-0.2, -0.15) is 5.10 Å². The summed E-state index contributed by atoms with van der Waals surface area (Å²) in [7, 11) is 3.66. The molecule has 23 heavy (non-hydrogen) atoms. The second-order valence-corrected chi connectivity index (χ2v) is 5.44. The highest BCUT2D eigenvalue weighted by atomic mass is 35.5. The van der Waals surface area contributed by atoms with Crippen molar-refractivity contribution in [1.82, 2.24) is 14.7 Å². The van der Waals surface area contributed by atoms with Crippen molar-refractivity contribution in [3.8, 4) is 0 Å². The van der Waals surface area contributed by atoms with Crippen LogP contribution >= 0.6 is 24.8 Å². The van der Waals surface area contributed by atoms with Crippen LogP contribution < -0.4 is 5.73 Å². The lowest BCUT2D eigenvalue weighted by Crippen LogP contribution is -2.36. The molecule has 2 rings (SSSR count).